The first-order valence-electron chi connectivity index (χ1n) is 13.8. The highest BCUT2D eigenvalue weighted by molar-refractivity contribution is 7.09. The lowest BCUT2D eigenvalue weighted by Gasteiger charge is -2.39. The number of carbonyl (C=O) groups is 2. The Morgan fingerprint density at radius 1 is 1.00 bits per heavy atom. The summed E-state index contributed by atoms with van der Waals surface area (Å²) in [5.41, 5.74) is 8.86. The Morgan fingerprint density at radius 3 is 2.68 bits per heavy atom. The van der Waals surface area contributed by atoms with E-state index in [1.165, 1.54) is 17.4 Å². The monoisotopic (exact) mass is 569 g/mol. The van der Waals surface area contributed by atoms with Crippen LogP contribution in [0, 0.1) is 5.82 Å². The average Bonchev–Trinajstić information content (AvgIpc) is 3.63. The van der Waals surface area contributed by atoms with Gasteiger partial charge < -0.3 is 14.5 Å². The van der Waals surface area contributed by atoms with Gasteiger partial charge in [-0.2, -0.15) is 0 Å². The molecule has 3 aliphatic rings. The second kappa shape index (κ2) is 10.8. The van der Waals surface area contributed by atoms with Gasteiger partial charge in [0.2, 0.25) is 5.91 Å². The number of benzene rings is 2. The summed E-state index contributed by atoms with van der Waals surface area (Å²) in [5, 5.41) is 0. The molecule has 0 unspecified atom stereocenters. The number of morpholine rings is 1. The van der Waals surface area contributed by atoms with Crippen molar-refractivity contribution in [3.8, 4) is 0 Å². The molecule has 0 spiro atoms. The molecule has 2 aromatic carbocycles. The van der Waals surface area contributed by atoms with Gasteiger partial charge in [0.25, 0.3) is 5.91 Å². The fourth-order valence-corrected chi connectivity index (χ4v) is 6.90. The molecule has 1 aliphatic carbocycles. The number of hydrogen-bond donors (Lipinski definition) is 0. The number of fused-ring (bicyclic) bond motifs is 3. The number of thiazole rings is 1. The molecule has 10 heteroatoms. The van der Waals surface area contributed by atoms with Gasteiger partial charge in [0, 0.05) is 43.3 Å². The van der Waals surface area contributed by atoms with E-state index in [0.29, 0.717) is 57.8 Å². The van der Waals surface area contributed by atoms with E-state index in [1.54, 1.807) is 33.8 Å². The van der Waals surface area contributed by atoms with Crippen molar-refractivity contribution >= 4 is 39.8 Å². The molecule has 0 radical (unpaired) electrons. The number of aryl methyl sites for hydroxylation is 2. The van der Waals surface area contributed by atoms with Crippen molar-refractivity contribution in [3.05, 3.63) is 93.0 Å². The molecule has 7 rings (SSSR count). The molecular weight excluding hydrogens is 541 g/mol. The molecule has 0 saturated carbocycles. The summed E-state index contributed by atoms with van der Waals surface area (Å²) >= 11 is 1.46. The van der Waals surface area contributed by atoms with Gasteiger partial charge in [-0.05, 0) is 71.4 Å². The second-order valence-electron chi connectivity index (χ2n) is 10.7. The van der Waals surface area contributed by atoms with Crippen molar-refractivity contribution in [2.75, 3.05) is 32.8 Å². The summed E-state index contributed by atoms with van der Waals surface area (Å²) in [6, 6.07) is 10.2. The minimum Gasteiger partial charge on any atom is -0.378 e. The molecule has 2 aromatic heterocycles. The van der Waals surface area contributed by atoms with Gasteiger partial charge in [-0.1, -0.05) is 12.1 Å². The zero-order chi connectivity index (χ0) is 27.9. The van der Waals surface area contributed by atoms with Crippen molar-refractivity contribution in [1.29, 1.82) is 0 Å². The van der Waals surface area contributed by atoms with Gasteiger partial charge in [0.05, 0.1) is 29.8 Å². The van der Waals surface area contributed by atoms with Crippen LogP contribution in [0.3, 0.4) is 0 Å². The molecule has 208 valence electrons. The van der Waals surface area contributed by atoms with Gasteiger partial charge in [-0.15, -0.1) is 11.3 Å². The minimum absolute atomic E-state index is 0.0906. The van der Waals surface area contributed by atoms with Crippen molar-refractivity contribution in [1.82, 2.24) is 24.8 Å². The number of carbonyl (C=O) groups excluding carboxylic acids is 2. The van der Waals surface area contributed by atoms with Crippen molar-refractivity contribution in [2.45, 2.75) is 31.7 Å². The van der Waals surface area contributed by atoms with E-state index in [2.05, 4.69) is 15.0 Å². The van der Waals surface area contributed by atoms with Crippen LogP contribution in [0.1, 0.15) is 38.5 Å². The van der Waals surface area contributed by atoms with E-state index >= 15 is 0 Å². The number of halogens is 1. The van der Waals surface area contributed by atoms with Crippen LogP contribution in [0.5, 0.6) is 0 Å². The lowest BCUT2D eigenvalue weighted by Crippen LogP contribution is -2.55. The number of hydrogen-bond acceptors (Lipinski definition) is 7. The molecule has 2 aliphatic heterocycles. The third kappa shape index (κ3) is 4.91. The van der Waals surface area contributed by atoms with E-state index in [0.717, 1.165) is 50.2 Å². The standard InChI is InChI=1S/C31H28FN5O3S/c32-22-4-3-20-14-21-17-37(27(16-24(21)23(20)15-22)30(38)36-9-11-40-12-10-36)31(39)29-28(41-18-35-29)6-2-19-1-5-25-26(13-19)34-8-7-33-25/h1,3-5,7-8,13,15,18,27H,2,6,9-12,14,16-17H2/t27-/m1/s1. The molecular formula is C31H28FN5O3S. The Kier molecular flexibility index (Phi) is 6.80. The second-order valence-corrected chi connectivity index (χ2v) is 11.6. The van der Waals surface area contributed by atoms with Crippen LogP contribution in [-0.4, -0.2) is 75.5 Å². The van der Waals surface area contributed by atoms with E-state index in [4.69, 9.17) is 4.74 Å². The summed E-state index contributed by atoms with van der Waals surface area (Å²) in [7, 11) is 0. The minimum atomic E-state index is -0.679. The quantitative estimate of drug-likeness (QED) is 0.360. The topological polar surface area (TPSA) is 88.5 Å². The number of amides is 2. The van der Waals surface area contributed by atoms with E-state index in [-0.39, 0.29) is 17.6 Å². The van der Waals surface area contributed by atoms with Gasteiger partial charge >= 0.3 is 0 Å². The Hall–Kier alpha value is -4.02. The molecule has 1 fully saturated rings. The molecule has 41 heavy (non-hydrogen) atoms. The van der Waals surface area contributed by atoms with Crippen LogP contribution < -0.4 is 0 Å². The number of nitrogens with zero attached hydrogens (tertiary/aromatic N) is 5. The zero-order valence-corrected chi connectivity index (χ0v) is 23.2. The Balaban J connectivity index is 1.16. The summed E-state index contributed by atoms with van der Waals surface area (Å²) < 4.78 is 19.6. The third-order valence-corrected chi connectivity index (χ3v) is 9.14. The molecule has 4 heterocycles. The molecule has 0 bridgehead atoms. The molecule has 4 aromatic rings. The zero-order valence-electron chi connectivity index (χ0n) is 22.4. The van der Waals surface area contributed by atoms with Crippen LogP contribution >= 0.6 is 11.3 Å². The molecule has 8 nitrogen and oxygen atoms in total. The highest BCUT2D eigenvalue weighted by Gasteiger charge is 2.41. The predicted molar refractivity (Wildman–Crippen MR) is 153 cm³/mol. The highest BCUT2D eigenvalue weighted by Crippen LogP contribution is 2.41. The summed E-state index contributed by atoms with van der Waals surface area (Å²) in [6.07, 6.45) is 5.75. The maximum absolute atomic E-state index is 14.2. The van der Waals surface area contributed by atoms with E-state index < -0.39 is 6.04 Å². The number of aromatic nitrogens is 3. The summed E-state index contributed by atoms with van der Waals surface area (Å²) in [5.74, 6) is -0.615. The predicted octanol–water partition coefficient (Wildman–Crippen LogP) is 4.09. The van der Waals surface area contributed by atoms with Crippen molar-refractivity contribution in [2.24, 2.45) is 0 Å². The van der Waals surface area contributed by atoms with E-state index in [1.807, 2.05) is 24.3 Å². The average molecular weight is 570 g/mol. The lowest BCUT2D eigenvalue weighted by atomic mass is 9.92. The largest absolute Gasteiger partial charge is 0.378 e. The molecule has 1 saturated heterocycles. The smallest absolute Gasteiger partial charge is 0.274 e. The number of ether oxygens (including phenoxy) is 1. The lowest BCUT2D eigenvalue weighted by molar-refractivity contribution is -0.140. The van der Waals surface area contributed by atoms with Gasteiger partial charge in [-0.3, -0.25) is 19.6 Å². The maximum Gasteiger partial charge on any atom is 0.274 e. The van der Waals surface area contributed by atoms with Gasteiger partial charge in [0.1, 0.15) is 17.6 Å². The molecule has 0 N–H and O–H groups in total. The highest BCUT2D eigenvalue weighted by atomic mass is 32.1. The fraction of sp³-hybridized carbons (Fsp3) is 0.323. The van der Waals surface area contributed by atoms with Crippen LogP contribution in [0.2, 0.25) is 0 Å². The van der Waals surface area contributed by atoms with Crippen LogP contribution in [0.25, 0.3) is 16.6 Å². The SMILES string of the molecule is O=C([C@H]1CC2=C(Cc3ccc(F)cc32)CN1C(=O)c1ncsc1CCc1ccc2nccnc2c1)N1CCOCC1. The Labute approximate surface area is 240 Å². The first kappa shape index (κ1) is 25.9. The summed E-state index contributed by atoms with van der Waals surface area (Å²) in [6.45, 7) is 2.26. The van der Waals surface area contributed by atoms with Crippen LogP contribution in [0.4, 0.5) is 4.39 Å². The van der Waals surface area contributed by atoms with Crippen molar-refractivity contribution in [3.63, 3.8) is 0 Å². The Morgan fingerprint density at radius 2 is 1.83 bits per heavy atom. The van der Waals surface area contributed by atoms with Gasteiger partial charge in [0.15, 0.2) is 0 Å². The Bertz CT molecular complexity index is 1700. The maximum atomic E-state index is 14.2. The van der Waals surface area contributed by atoms with Crippen LogP contribution in [-0.2, 0) is 28.8 Å². The summed E-state index contributed by atoms with van der Waals surface area (Å²) in [4.78, 5) is 45.6. The third-order valence-electron chi connectivity index (χ3n) is 8.25. The molecule has 1 atom stereocenters. The normalized spacial score (nSPS) is 18.5. The van der Waals surface area contributed by atoms with E-state index in [9.17, 15) is 14.0 Å². The van der Waals surface area contributed by atoms with Gasteiger partial charge in [-0.25, -0.2) is 9.37 Å². The first-order valence-corrected chi connectivity index (χ1v) is 14.7. The first-order chi connectivity index (χ1) is 20.0. The number of rotatable bonds is 5. The van der Waals surface area contributed by atoms with Crippen molar-refractivity contribution < 1.29 is 18.7 Å². The fourth-order valence-electron chi connectivity index (χ4n) is 6.14. The molecule has 2 amide bonds. The van der Waals surface area contributed by atoms with Crippen LogP contribution in [0.15, 0.2) is 59.9 Å².